The van der Waals surface area contributed by atoms with Crippen LogP contribution in [0.1, 0.15) is 11.1 Å². The van der Waals surface area contributed by atoms with E-state index in [9.17, 15) is 14.0 Å². The molecule has 1 N–H and O–H groups in total. The number of nitrogens with one attached hydrogen (secondary N) is 1. The second-order valence-corrected chi connectivity index (χ2v) is 4.08. The van der Waals surface area contributed by atoms with Crippen LogP contribution < -0.4 is 5.32 Å². The van der Waals surface area contributed by atoms with E-state index in [0.717, 1.165) is 6.07 Å². The maximum atomic E-state index is 13.2. The van der Waals surface area contributed by atoms with Crippen molar-refractivity contribution in [3.05, 3.63) is 51.9 Å². The Morgan fingerprint density at radius 3 is 2.75 bits per heavy atom. The zero-order valence-electron chi connectivity index (χ0n) is 10.5. The number of ketones is 1. The molecule has 0 bridgehead atoms. The lowest BCUT2D eigenvalue weighted by molar-refractivity contribution is -0.127. The van der Waals surface area contributed by atoms with E-state index in [0.29, 0.717) is 5.56 Å². The van der Waals surface area contributed by atoms with Crippen LogP contribution >= 0.6 is 11.6 Å². The minimum atomic E-state index is -0.789. The molecule has 4 nitrogen and oxygen atoms in total. The van der Waals surface area contributed by atoms with E-state index in [2.05, 4.69) is 5.32 Å². The summed E-state index contributed by atoms with van der Waals surface area (Å²) in [5.74, 6) is -1.43. The number of nitriles is 1. The summed E-state index contributed by atoms with van der Waals surface area (Å²) in [4.78, 5) is 21.9. The molecule has 0 heterocycles. The first-order valence-corrected chi connectivity index (χ1v) is 5.85. The molecule has 0 aromatic heterocycles. The average molecular weight is 293 g/mol. The normalized spacial score (nSPS) is 11.7. The Bertz CT molecular complexity index is 645. The van der Waals surface area contributed by atoms with Crippen molar-refractivity contribution in [3.63, 3.8) is 0 Å². The smallest absolute Gasteiger partial charge is 0.228 e. The third-order valence-electron chi connectivity index (χ3n) is 2.32. The average Bonchev–Trinajstić information content (AvgIpc) is 2.45. The van der Waals surface area contributed by atoms with Crippen LogP contribution in [-0.4, -0.2) is 19.1 Å². The molecular formula is C14H10ClFN2O2. The van der Waals surface area contributed by atoms with E-state index in [1.54, 1.807) is 13.1 Å². The van der Waals surface area contributed by atoms with Gasteiger partial charge in [-0.3, -0.25) is 9.59 Å². The summed E-state index contributed by atoms with van der Waals surface area (Å²) in [6, 6.07) is 5.52. The Labute approximate surface area is 120 Å². The van der Waals surface area contributed by atoms with E-state index in [4.69, 9.17) is 16.9 Å². The maximum absolute atomic E-state index is 13.2. The Balaban J connectivity index is 3.21. The molecule has 0 aliphatic rings. The highest BCUT2D eigenvalue weighted by Crippen LogP contribution is 2.20. The number of aldehydes is 1. The van der Waals surface area contributed by atoms with Crippen molar-refractivity contribution in [2.45, 2.75) is 0 Å². The Morgan fingerprint density at radius 2 is 2.20 bits per heavy atom. The number of rotatable bonds is 5. The van der Waals surface area contributed by atoms with Gasteiger partial charge in [0.05, 0.1) is 16.2 Å². The van der Waals surface area contributed by atoms with E-state index in [-0.39, 0.29) is 22.5 Å². The highest BCUT2D eigenvalue weighted by molar-refractivity contribution is 6.44. The number of hydrogen-bond acceptors (Lipinski definition) is 4. The van der Waals surface area contributed by atoms with Gasteiger partial charge in [0, 0.05) is 13.2 Å². The summed E-state index contributed by atoms with van der Waals surface area (Å²) in [7, 11) is 1.55. The second kappa shape index (κ2) is 7.22. The van der Waals surface area contributed by atoms with Gasteiger partial charge in [0.25, 0.3) is 0 Å². The summed E-state index contributed by atoms with van der Waals surface area (Å²) in [5, 5.41) is 11.3. The summed E-state index contributed by atoms with van der Waals surface area (Å²) in [5.41, 5.74) is 0.282. The summed E-state index contributed by atoms with van der Waals surface area (Å²) in [6.45, 7) is 0. The van der Waals surface area contributed by atoms with Crippen molar-refractivity contribution in [2.75, 3.05) is 7.05 Å². The SMILES string of the molecule is CN/C=C(C(=O)C=O)\C(Cl)=C\c1ccc(F)c(C#N)c1. The number of Topliss-reactive ketones (excluding diaryl/α,β-unsaturated/α-hetero) is 1. The number of carbonyl (C=O) groups excluding carboxylic acids is 2. The highest BCUT2D eigenvalue weighted by atomic mass is 35.5. The molecule has 1 aromatic carbocycles. The first-order chi connectivity index (χ1) is 9.53. The Kier molecular flexibility index (Phi) is 5.63. The van der Waals surface area contributed by atoms with Gasteiger partial charge in [-0.15, -0.1) is 0 Å². The molecule has 0 saturated carbocycles. The summed E-state index contributed by atoms with van der Waals surface area (Å²) >= 11 is 5.97. The lowest BCUT2D eigenvalue weighted by Gasteiger charge is -2.02. The van der Waals surface area contributed by atoms with E-state index in [1.807, 2.05) is 0 Å². The van der Waals surface area contributed by atoms with Crippen molar-refractivity contribution < 1.29 is 14.0 Å². The van der Waals surface area contributed by atoms with Gasteiger partial charge in [-0.2, -0.15) is 5.26 Å². The number of halogens is 2. The number of hydrogen-bond donors (Lipinski definition) is 1. The molecule has 0 unspecified atom stereocenters. The van der Waals surface area contributed by atoms with Gasteiger partial charge < -0.3 is 5.32 Å². The van der Waals surface area contributed by atoms with Gasteiger partial charge in [0.1, 0.15) is 11.9 Å². The van der Waals surface area contributed by atoms with Crippen LogP contribution in [0.3, 0.4) is 0 Å². The van der Waals surface area contributed by atoms with Crippen LogP contribution in [0.4, 0.5) is 4.39 Å². The predicted molar refractivity (Wildman–Crippen MR) is 73.2 cm³/mol. The fraction of sp³-hybridized carbons (Fsp3) is 0.0714. The minimum absolute atomic E-state index is 0.00643. The first kappa shape index (κ1) is 15.6. The molecule has 0 spiro atoms. The van der Waals surface area contributed by atoms with Gasteiger partial charge in [-0.1, -0.05) is 17.7 Å². The van der Waals surface area contributed by atoms with Crippen LogP contribution in [0.25, 0.3) is 6.08 Å². The zero-order valence-corrected chi connectivity index (χ0v) is 11.2. The van der Waals surface area contributed by atoms with E-state index >= 15 is 0 Å². The van der Waals surface area contributed by atoms with Gasteiger partial charge in [0.15, 0.2) is 6.29 Å². The number of benzene rings is 1. The molecule has 102 valence electrons. The second-order valence-electron chi connectivity index (χ2n) is 3.67. The third-order valence-corrected chi connectivity index (χ3v) is 2.64. The van der Waals surface area contributed by atoms with Crippen LogP contribution in [-0.2, 0) is 9.59 Å². The fourth-order valence-corrected chi connectivity index (χ4v) is 1.68. The zero-order chi connectivity index (χ0) is 15.1. The van der Waals surface area contributed by atoms with Crippen LogP contribution in [0.15, 0.2) is 35.0 Å². The van der Waals surface area contributed by atoms with Gasteiger partial charge in [0.2, 0.25) is 5.78 Å². The molecule has 6 heteroatoms. The molecule has 0 saturated heterocycles. The molecule has 0 atom stereocenters. The van der Waals surface area contributed by atoms with Gasteiger partial charge in [-0.25, -0.2) is 4.39 Å². The molecule has 20 heavy (non-hydrogen) atoms. The molecule has 0 fully saturated rings. The van der Waals surface area contributed by atoms with Crippen molar-refractivity contribution in [3.8, 4) is 6.07 Å². The molecule has 0 radical (unpaired) electrons. The molecular weight excluding hydrogens is 283 g/mol. The molecule has 1 rings (SSSR count). The lowest BCUT2D eigenvalue weighted by atomic mass is 10.1. The van der Waals surface area contributed by atoms with Gasteiger partial charge >= 0.3 is 0 Å². The van der Waals surface area contributed by atoms with Crippen LogP contribution in [0.5, 0.6) is 0 Å². The number of nitrogens with zero attached hydrogens (tertiary/aromatic N) is 1. The van der Waals surface area contributed by atoms with Crippen LogP contribution in [0.2, 0.25) is 0 Å². The minimum Gasteiger partial charge on any atom is -0.393 e. The quantitative estimate of drug-likeness (QED) is 0.391. The Morgan fingerprint density at radius 1 is 1.50 bits per heavy atom. The maximum Gasteiger partial charge on any atom is 0.228 e. The third kappa shape index (κ3) is 3.77. The fourth-order valence-electron chi connectivity index (χ4n) is 1.41. The van der Waals surface area contributed by atoms with Crippen molar-refractivity contribution >= 4 is 29.7 Å². The standard InChI is InChI=1S/C14H10ClFN2O2/c1-18-7-11(14(20)8-19)12(15)5-9-2-3-13(16)10(4-9)6-17/h2-5,7-8,18H,1H3/b11-7+,12-5-. The Hall–Kier alpha value is -2.45. The largest absolute Gasteiger partial charge is 0.393 e. The molecule has 1 aromatic rings. The van der Waals surface area contributed by atoms with Crippen molar-refractivity contribution in [1.29, 1.82) is 5.26 Å². The highest BCUT2D eigenvalue weighted by Gasteiger charge is 2.12. The summed E-state index contributed by atoms with van der Waals surface area (Å²) < 4.78 is 13.2. The van der Waals surface area contributed by atoms with E-state index < -0.39 is 11.6 Å². The summed E-state index contributed by atoms with van der Waals surface area (Å²) in [6.07, 6.45) is 2.79. The van der Waals surface area contributed by atoms with E-state index in [1.165, 1.54) is 24.4 Å². The molecule has 0 amide bonds. The van der Waals surface area contributed by atoms with Gasteiger partial charge in [-0.05, 0) is 23.8 Å². The number of allylic oxidation sites excluding steroid dienone is 2. The number of carbonyl (C=O) groups is 2. The van der Waals surface area contributed by atoms with Crippen molar-refractivity contribution in [2.24, 2.45) is 0 Å². The van der Waals surface area contributed by atoms with Crippen molar-refractivity contribution in [1.82, 2.24) is 5.32 Å². The lowest BCUT2D eigenvalue weighted by Crippen LogP contribution is -2.08. The monoisotopic (exact) mass is 292 g/mol. The first-order valence-electron chi connectivity index (χ1n) is 5.47. The van der Waals surface area contributed by atoms with Crippen LogP contribution in [0, 0.1) is 17.1 Å². The topological polar surface area (TPSA) is 70.0 Å². The molecule has 0 aliphatic heterocycles. The molecule has 0 aliphatic carbocycles. The predicted octanol–water partition coefficient (Wildman–Crippen LogP) is 2.15.